The maximum absolute atomic E-state index is 11.0. The number of allylic oxidation sites excluding steroid dienone is 1. The van der Waals surface area contributed by atoms with Gasteiger partial charge in [-0.2, -0.15) is 0 Å². The van der Waals surface area contributed by atoms with Crippen LogP contribution in [-0.2, 0) is 4.79 Å². The fraction of sp³-hybridized carbons (Fsp3) is 0.357. The number of carboxylic acids is 1. The zero-order valence-corrected chi connectivity index (χ0v) is 9.75. The van der Waals surface area contributed by atoms with Crippen LogP contribution >= 0.6 is 0 Å². The van der Waals surface area contributed by atoms with Crippen LogP contribution in [-0.4, -0.2) is 23.7 Å². The summed E-state index contributed by atoms with van der Waals surface area (Å²) in [6.07, 6.45) is 7.53. The van der Waals surface area contributed by atoms with Crippen LogP contribution in [0.4, 0.5) is 5.69 Å². The summed E-state index contributed by atoms with van der Waals surface area (Å²) in [4.78, 5) is 12.9. The first-order valence-electron chi connectivity index (χ1n) is 5.97. The average Bonchev–Trinajstić information content (AvgIpc) is 2.38. The van der Waals surface area contributed by atoms with Crippen molar-refractivity contribution in [3.8, 4) is 0 Å². The minimum absolute atomic E-state index is 0.0546. The van der Waals surface area contributed by atoms with Crippen molar-refractivity contribution in [3.05, 3.63) is 42.5 Å². The van der Waals surface area contributed by atoms with E-state index in [1.54, 1.807) is 0 Å². The summed E-state index contributed by atoms with van der Waals surface area (Å²) in [6.45, 7) is 0.0546. The van der Waals surface area contributed by atoms with E-state index in [0.717, 1.165) is 24.9 Å². The predicted molar refractivity (Wildman–Crippen MR) is 68.2 cm³/mol. The normalized spacial score (nSPS) is 18.9. The first-order valence-corrected chi connectivity index (χ1v) is 5.97. The van der Waals surface area contributed by atoms with E-state index in [1.165, 1.54) is 0 Å². The molecule has 0 aromatic heterocycles. The quantitative estimate of drug-likeness (QED) is 0.810. The molecule has 17 heavy (non-hydrogen) atoms. The van der Waals surface area contributed by atoms with Crippen LogP contribution in [0.15, 0.2) is 42.5 Å². The SMILES string of the molecule is O=C(O)CN(c1ccccc1)C1C=CCCC1. The van der Waals surface area contributed by atoms with Gasteiger partial charge in [0.05, 0.1) is 0 Å². The molecule has 3 nitrogen and oxygen atoms in total. The molecule has 1 atom stereocenters. The molecule has 0 radical (unpaired) electrons. The van der Waals surface area contributed by atoms with Crippen molar-refractivity contribution >= 4 is 11.7 Å². The zero-order chi connectivity index (χ0) is 12.1. The second-order valence-corrected chi connectivity index (χ2v) is 4.28. The Morgan fingerprint density at radius 3 is 2.71 bits per heavy atom. The second kappa shape index (κ2) is 5.53. The number of nitrogens with zero attached hydrogens (tertiary/aromatic N) is 1. The Hall–Kier alpha value is -1.77. The van der Waals surface area contributed by atoms with Crippen molar-refractivity contribution in [2.24, 2.45) is 0 Å². The fourth-order valence-electron chi connectivity index (χ4n) is 2.22. The highest BCUT2D eigenvalue weighted by atomic mass is 16.4. The topological polar surface area (TPSA) is 40.5 Å². The van der Waals surface area contributed by atoms with Crippen molar-refractivity contribution in [2.75, 3.05) is 11.4 Å². The number of aliphatic carboxylic acids is 1. The van der Waals surface area contributed by atoms with Gasteiger partial charge in [-0.05, 0) is 31.4 Å². The first kappa shape index (κ1) is 11.7. The van der Waals surface area contributed by atoms with Crippen molar-refractivity contribution in [3.63, 3.8) is 0 Å². The summed E-state index contributed by atoms with van der Waals surface area (Å²) in [5.41, 5.74) is 0.978. The van der Waals surface area contributed by atoms with Crippen LogP contribution in [0.25, 0.3) is 0 Å². The smallest absolute Gasteiger partial charge is 0.323 e. The van der Waals surface area contributed by atoms with Crippen LogP contribution in [0.3, 0.4) is 0 Å². The summed E-state index contributed by atoms with van der Waals surface area (Å²) in [5.74, 6) is -0.784. The van der Waals surface area contributed by atoms with Crippen molar-refractivity contribution in [2.45, 2.75) is 25.3 Å². The fourth-order valence-corrected chi connectivity index (χ4v) is 2.22. The molecule has 0 spiro atoms. The minimum atomic E-state index is -0.784. The van der Waals surface area contributed by atoms with Crippen molar-refractivity contribution in [1.82, 2.24) is 0 Å². The van der Waals surface area contributed by atoms with Crippen LogP contribution in [0.5, 0.6) is 0 Å². The number of hydrogen-bond acceptors (Lipinski definition) is 2. The maximum atomic E-state index is 11.0. The van der Waals surface area contributed by atoms with E-state index >= 15 is 0 Å². The Balaban J connectivity index is 2.21. The molecule has 0 fully saturated rings. The van der Waals surface area contributed by atoms with Gasteiger partial charge in [-0.3, -0.25) is 4.79 Å². The van der Waals surface area contributed by atoms with E-state index in [0.29, 0.717) is 0 Å². The van der Waals surface area contributed by atoms with Crippen LogP contribution < -0.4 is 4.90 Å². The number of para-hydroxylation sites is 1. The van der Waals surface area contributed by atoms with Crippen LogP contribution in [0.1, 0.15) is 19.3 Å². The van der Waals surface area contributed by atoms with Gasteiger partial charge in [0.25, 0.3) is 0 Å². The van der Waals surface area contributed by atoms with E-state index in [1.807, 2.05) is 35.2 Å². The monoisotopic (exact) mass is 231 g/mol. The lowest BCUT2D eigenvalue weighted by atomic mass is 10.0. The summed E-state index contributed by atoms with van der Waals surface area (Å²) in [6, 6.07) is 9.96. The van der Waals surface area contributed by atoms with Gasteiger partial charge in [0.2, 0.25) is 0 Å². The van der Waals surface area contributed by atoms with Crippen LogP contribution in [0.2, 0.25) is 0 Å². The molecule has 0 saturated carbocycles. The molecule has 0 aliphatic heterocycles. The molecule has 1 unspecified atom stereocenters. The molecule has 2 rings (SSSR count). The standard InChI is InChI=1S/C14H17NO2/c16-14(17)11-15(12-7-3-1-4-8-12)13-9-5-2-6-10-13/h1,3-5,7-9,13H,2,6,10-11H2,(H,16,17). The summed E-state index contributed by atoms with van der Waals surface area (Å²) >= 11 is 0. The molecule has 1 aliphatic carbocycles. The number of benzene rings is 1. The van der Waals surface area contributed by atoms with Gasteiger partial charge in [0.15, 0.2) is 0 Å². The number of rotatable bonds is 4. The molecule has 90 valence electrons. The molecule has 1 N–H and O–H groups in total. The maximum Gasteiger partial charge on any atom is 0.323 e. The molecule has 0 amide bonds. The molecule has 3 heteroatoms. The molecular weight excluding hydrogens is 214 g/mol. The Kier molecular flexibility index (Phi) is 3.81. The Morgan fingerprint density at radius 1 is 1.35 bits per heavy atom. The first-order chi connectivity index (χ1) is 8.27. The lowest BCUT2D eigenvalue weighted by molar-refractivity contribution is -0.135. The minimum Gasteiger partial charge on any atom is -0.480 e. The van der Waals surface area contributed by atoms with Gasteiger partial charge in [-0.15, -0.1) is 0 Å². The highest BCUT2D eigenvalue weighted by molar-refractivity contribution is 5.74. The Labute approximate surface area is 101 Å². The van der Waals surface area contributed by atoms with Crippen molar-refractivity contribution < 1.29 is 9.90 Å². The van der Waals surface area contributed by atoms with Gasteiger partial charge in [-0.25, -0.2) is 0 Å². The van der Waals surface area contributed by atoms with Gasteiger partial charge in [-0.1, -0.05) is 30.4 Å². The largest absolute Gasteiger partial charge is 0.480 e. The molecule has 0 saturated heterocycles. The van der Waals surface area contributed by atoms with E-state index in [2.05, 4.69) is 12.2 Å². The summed E-state index contributed by atoms with van der Waals surface area (Å²) < 4.78 is 0. The van der Waals surface area contributed by atoms with Gasteiger partial charge in [0, 0.05) is 11.7 Å². The average molecular weight is 231 g/mol. The number of carbonyl (C=O) groups is 1. The third kappa shape index (κ3) is 3.09. The van der Waals surface area contributed by atoms with Crippen LogP contribution in [0, 0.1) is 0 Å². The predicted octanol–water partition coefficient (Wildman–Crippen LogP) is 2.69. The van der Waals surface area contributed by atoms with E-state index < -0.39 is 5.97 Å². The van der Waals surface area contributed by atoms with Gasteiger partial charge in [0.1, 0.15) is 6.54 Å². The molecule has 0 bridgehead atoms. The van der Waals surface area contributed by atoms with E-state index in [-0.39, 0.29) is 12.6 Å². The van der Waals surface area contributed by atoms with Gasteiger partial charge < -0.3 is 10.0 Å². The van der Waals surface area contributed by atoms with Crippen molar-refractivity contribution in [1.29, 1.82) is 0 Å². The van der Waals surface area contributed by atoms with E-state index in [4.69, 9.17) is 5.11 Å². The number of anilines is 1. The molecule has 1 aromatic rings. The molecule has 1 aromatic carbocycles. The van der Waals surface area contributed by atoms with E-state index in [9.17, 15) is 4.79 Å². The lowest BCUT2D eigenvalue weighted by Gasteiger charge is -2.32. The highest BCUT2D eigenvalue weighted by Gasteiger charge is 2.20. The summed E-state index contributed by atoms with van der Waals surface area (Å²) in [7, 11) is 0. The summed E-state index contributed by atoms with van der Waals surface area (Å²) in [5, 5.41) is 9.01. The molecule has 0 heterocycles. The molecule has 1 aliphatic rings. The number of hydrogen-bond donors (Lipinski definition) is 1. The highest BCUT2D eigenvalue weighted by Crippen LogP contribution is 2.23. The lowest BCUT2D eigenvalue weighted by Crippen LogP contribution is -2.38. The Bertz CT molecular complexity index is 400. The zero-order valence-electron chi connectivity index (χ0n) is 9.75. The third-order valence-corrected chi connectivity index (χ3v) is 3.02. The Morgan fingerprint density at radius 2 is 2.12 bits per heavy atom. The van der Waals surface area contributed by atoms with Gasteiger partial charge >= 0.3 is 5.97 Å². The number of carboxylic acid groups (broad SMARTS) is 1. The molecular formula is C14H17NO2. The second-order valence-electron chi connectivity index (χ2n) is 4.28. The third-order valence-electron chi connectivity index (χ3n) is 3.02.